The first-order valence-electron chi connectivity index (χ1n) is 5.41. The number of aromatic carboxylic acids is 1. The molecule has 0 radical (unpaired) electrons. The van der Waals surface area contributed by atoms with Crippen molar-refractivity contribution >= 4 is 45.3 Å². The Bertz CT molecular complexity index is 728. The van der Waals surface area contributed by atoms with Crippen LogP contribution in [0.1, 0.15) is 15.9 Å². The van der Waals surface area contributed by atoms with E-state index in [2.05, 4.69) is 15.9 Å². The minimum Gasteiger partial charge on any atom is -0.478 e. The average Bonchev–Trinajstić information content (AvgIpc) is 2.40. The fraction of sp³-hybridized carbons (Fsp3) is 0. The predicted octanol–water partition coefficient (Wildman–Crippen LogP) is 4.82. The molecule has 0 fully saturated rings. The summed E-state index contributed by atoms with van der Waals surface area (Å²) in [5, 5.41) is 18.4. The van der Waals surface area contributed by atoms with Crippen LogP contribution in [0.25, 0.3) is 0 Å². The van der Waals surface area contributed by atoms with Gasteiger partial charge < -0.3 is 5.11 Å². The monoisotopic (exact) mass is 367 g/mol. The number of rotatable bonds is 3. The molecule has 6 heteroatoms. The molecule has 0 aliphatic heterocycles. The molecule has 0 saturated heterocycles. The number of carboxylic acids is 1. The lowest BCUT2D eigenvalue weighted by molar-refractivity contribution is 0.0693. The maximum absolute atomic E-state index is 11.2. The van der Waals surface area contributed by atoms with Gasteiger partial charge in [-0.05, 0) is 36.4 Å². The van der Waals surface area contributed by atoms with Gasteiger partial charge in [0.2, 0.25) is 0 Å². The highest BCUT2D eigenvalue weighted by atomic mass is 79.9. The Morgan fingerprint density at radius 3 is 2.60 bits per heavy atom. The fourth-order valence-corrected chi connectivity index (χ4v) is 3.32. The van der Waals surface area contributed by atoms with E-state index in [-0.39, 0.29) is 5.56 Å². The first kappa shape index (κ1) is 14.9. The Balaban J connectivity index is 2.42. The molecule has 0 bridgehead atoms. The molecule has 1 N–H and O–H groups in total. The van der Waals surface area contributed by atoms with Crippen LogP contribution in [-0.2, 0) is 0 Å². The van der Waals surface area contributed by atoms with Crippen LogP contribution in [0.2, 0.25) is 5.02 Å². The third-order valence-electron chi connectivity index (χ3n) is 2.45. The number of nitrogens with zero attached hydrogens (tertiary/aromatic N) is 1. The van der Waals surface area contributed by atoms with Crippen LogP contribution in [0.3, 0.4) is 0 Å². The van der Waals surface area contributed by atoms with Crippen LogP contribution in [0, 0.1) is 11.3 Å². The molecule has 0 unspecified atom stereocenters. The minimum atomic E-state index is -0.996. The smallest absolute Gasteiger partial charge is 0.336 e. The van der Waals surface area contributed by atoms with Crippen LogP contribution in [-0.4, -0.2) is 11.1 Å². The first-order valence-corrected chi connectivity index (χ1v) is 7.40. The zero-order valence-electron chi connectivity index (χ0n) is 9.93. The summed E-state index contributed by atoms with van der Waals surface area (Å²) < 4.78 is 0.787. The lowest BCUT2D eigenvalue weighted by Crippen LogP contribution is -1.98. The number of benzene rings is 2. The van der Waals surface area contributed by atoms with Gasteiger partial charge >= 0.3 is 5.97 Å². The number of carboxylic acid groups (broad SMARTS) is 1. The van der Waals surface area contributed by atoms with Crippen LogP contribution in [0.4, 0.5) is 0 Å². The van der Waals surface area contributed by atoms with E-state index in [0.29, 0.717) is 20.4 Å². The fourth-order valence-electron chi connectivity index (χ4n) is 1.53. The van der Waals surface area contributed by atoms with Gasteiger partial charge in [-0.1, -0.05) is 39.3 Å². The highest BCUT2D eigenvalue weighted by Crippen LogP contribution is 2.36. The van der Waals surface area contributed by atoms with Crippen molar-refractivity contribution in [3.05, 3.63) is 57.0 Å². The molecule has 2 aromatic carbocycles. The second kappa shape index (κ2) is 6.31. The van der Waals surface area contributed by atoms with E-state index in [1.165, 1.54) is 17.8 Å². The molecule has 0 amide bonds. The number of halogens is 2. The average molecular weight is 369 g/mol. The number of carbonyl (C=O) groups is 1. The first-order chi connectivity index (χ1) is 9.51. The number of hydrogen-bond donors (Lipinski definition) is 1. The normalized spacial score (nSPS) is 10.1. The summed E-state index contributed by atoms with van der Waals surface area (Å²) in [6, 6.07) is 11.8. The molecular weight excluding hydrogens is 362 g/mol. The molecule has 2 rings (SSSR count). The summed E-state index contributed by atoms with van der Waals surface area (Å²) in [5.41, 5.74) is 0.672. The van der Waals surface area contributed by atoms with Gasteiger partial charge in [0.05, 0.1) is 22.2 Å². The molecule has 0 aliphatic carbocycles. The zero-order chi connectivity index (χ0) is 14.7. The van der Waals surface area contributed by atoms with Gasteiger partial charge in [0, 0.05) is 14.3 Å². The molecule has 2 aromatic rings. The van der Waals surface area contributed by atoms with Crippen LogP contribution < -0.4 is 0 Å². The lowest BCUT2D eigenvalue weighted by Gasteiger charge is -2.08. The van der Waals surface area contributed by atoms with Gasteiger partial charge in [0.25, 0.3) is 0 Å². The van der Waals surface area contributed by atoms with Gasteiger partial charge in [0.15, 0.2) is 0 Å². The lowest BCUT2D eigenvalue weighted by atomic mass is 10.2. The van der Waals surface area contributed by atoms with Gasteiger partial charge in [-0.2, -0.15) is 5.26 Å². The van der Waals surface area contributed by atoms with Gasteiger partial charge in [-0.3, -0.25) is 0 Å². The molecule has 0 spiro atoms. The third-order valence-corrected chi connectivity index (χ3v) is 4.51. The van der Waals surface area contributed by atoms with E-state index < -0.39 is 5.97 Å². The Kier molecular flexibility index (Phi) is 4.71. The maximum atomic E-state index is 11.2. The molecule has 3 nitrogen and oxygen atoms in total. The zero-order valence-corrected chi connectivity index (χ0v) is 13.1. The van der Waals surface area contributed by atoms with Crippen molar-refractivity contribution in [2.45, 2.75) is 9.79 Å². The van der Waals surface area contributed by atoms with Gasteiger partial charge in [0.1, 0.15) is 0 Å². The van der Waals surface area contributed by atoms with Crippen molar-refractivity contribution in [2.24, 2.45) is 0 Å². The van der Waals surface area contributed by atoms with Gasteiger partial charge in [-0.15, -0.1) is 0 Å². The molecule has 0 saturated carbocycles. The van der Waals surface area contributed by atoms with Crippen molar-refractivity contribution in [3.8, 4) is 6.07 Å². The summed E-state index contributed by atoms with van der Waals surface area (Å²) in [5.74, 6) is -0.996. The van der Waals surface area contributed by atoms with Crippen molar-refractivity contribution in [2.75, 3.05) is 0 Å². The Morgan fingerprint density at radius 1 is 1.25 bits per heavy atom. The van der Waals surface area contributed by atoms with E-state index in [4.69, 9.17) is 16.9 Å². The molecule has 0 aromatic heterocycles. The summed E-state index contributed by atoms with van der Waals surface area (Å²) in [4.78, 5) is 12.5. The van der Waals surface area contributed by atoms with E-state index in [1.54, 1.807) is 30.3 Å². The Hall–Kier alpha value is -1.48. The van der Waals surface area contributed by atoms with Crippen LogP contribution >= 0.6 is 39.3 Å². The molecule has 0 aliphatic rings. The number of hydrogen-bond acceptors (Lipinski definition) is 3. The van der Waals surface area contributed by atoms with E-state index in [9.17, 15) is 9.90 Å². The third kappa shape index (κ3) is 3.34. The van der Waals surface area contributed by atoms with E-state index >= 15 is 0 Å². The largest absolute Gasteiger partial charge is 0.478 e. The van der Waals surface area contributed by atoms with Crippen LogP contribution in [0.15, 0.2) is 50.7 Å². The second-order valence-corrected chi connectivity index (χ2v) is 6.21. The Morgan fingerprint density at radius 2 is 2.00 bits per heavy atom. The molecule has 0 heterocycles. The van der Waals surface area contributed by atoms with E-state index in [0.717, 1.165) is 4.47 Å². The maximum Gasteiger partial charge on any atom is 0.336 e. The van der Waals surface area contributed by atoms with Crippen molar-refractivity contribution in [1.82, 2.24) is 0 Å². The minimum absolute atomic E-state index is 0.207. The highest BCUT2D eigenvalue weighted by molar-refractivity contribution is 9.10. The summed E-state index contributed by atoms with van der Waals surface area (Å²) >= 11 is 10.7. The summed E-state index contributed by atoms with van der Waals surface area (Å²) in [6.45, 7) is 0. The standard InChI is InChI=1S/C14H7BrClNO2S/c15-9-2-3-10(14(18)19)13(6-9)20-12-4-1-8(7-17)5-11(12)16/h1-6H,(H,18,19). The predicted molar refractivity (Wildman–Crippen MR) is 81.4 cm³/mol. The van der Waals surface area contributed by atoms with Crippen molar-refractivity contribution in [3.63, 3.8) is 0 Å². The Labute approximate surface area is 133 Å². The SMILES string of the molecule is N#Cc1ccc(Sc2cc(Br)ccc2C(=O)O)c(Cl)c1. The van der Waals surface area contributed by atoms with Crippen LogP contribution in [0.5, 0.6) is 0 Å². The summed E-state index contributed by atoms with van der Waals surface area (Å²) in [7, 11) is 0. The molecule has 0 atom stereocenters. The molecule has 100 valence electrons. The van der Waals surface area contributed by atoms with Crippen molar-refractivity contribution < 1.29 is 9.90 Å². The van der Waals surface area contributed by atoms with Gasteiger partial charge in [-0.25, -0.2) is 4.79 Å². The molecule has 20 heavy (non-hydrogen) atoms. The number of nitriles is 1. The topological polar surface area (TPSA) is 61.1 Å². The van der Waals surface area contributed by atoms with E-state index in [1.807, 2.05) is 6.07 Å². The molecular formula is C14H7BrClNO2S. The quantitative estimate of drug-likeness (QED) is 0.843. The second-order valence-electron chi connectivity index (χ2n) is 3.80. The highest BCUT2D eigenvalue weighted by Gasteiger charge is 2.13. The van der Waals surface area contributed by atoms with Crippen molar-refractivity contribution in [1.29, 1.82) is 5.26 Å². The summed E-state index contributed by atoms with van der Waals surface area (Å²) in [6.07, 6.45) is 0.